The molecule has 0 atom stereocenters. The van der Waals surface area contributed by atoms with Crippen molar-refractivity contribution >= 4 is 34.8 Å². The van der Waals surface area contributed by atoms with Crippen LogP contribution >= 0.6 is 11.3 Å². The van der Waals surface area contributed by atoms with Gasteiger partial charge in [-0.25, -0.2) is 9.59 Å². The van der Waals surface area contributed by atoms with E-state index in [4.69, 9.17) is 0 Å². The Kier molecular flexibility index (Phi) is 6.54. The number of carbonyl (C=O) groups excluding carboxylic acids is 2. The molecule has 34 heavy (non-hydrogen) atoms. The molecule has 1 aromatic heterocycles. The lowest BCUT2D eigenvalue weighted by molar-refractivity contribution is 0.117. The van der Waals surface area contributed by atoms with Crippen molar-refractivity contribution < 1.29 is 9.59 Å². The molecule has 6 nitrogen and oxygen atoms in total. The quantitative estimate of drug-likeness (QED) is 0.475. The summed E-state index contributed by atoms with van der Waals surface area (Å²) in [5.74, 6) is 0. The van der Waals surface area contributed by atoms with E-state index in [-0.39, 0.29) is 12.1 Å². The molecular weight excluding hydrogens is 444 g/mol. The van der Waals surface area contributed by atoms with Gasteiger partial charge in [0.25, 0.3) is 0 Å². The fourth-order valence-electron chi connectivity index (χ4n) is 4.41. The minimum absolute atomic E-state index is 0.0578. The third kappa shape index (κ3) is 4.94. The molecule has 2 fully saturated rings. The summed E-state index contributed by atoms with van der Waals surface area (Å²) in [6.07, 6.45) is 2.16. The van der Waals surface area contributed by atoms with Gasteiger partial charge in [0.15, 0.2) is 0 Å². The molecule has 0 bridgehead atoms. The number of para-hydroxylation sites is 2. The van der Waals surface area contributed by atoms with E-state index in [0.29, 0.717) is 38.8 Å². The predicted octanol–water partition coefficient (Wildman–Crippen LogP) is 5.72. The molecule has 5 rings (SSSR count). The second-order valence-corrected chi connectivity index (χ2v) is 10.3. The Labute approximate surface area is 205 Å². The minimum Gasteiger partial charge on any atom is -0.321 e. The zero-order valence-corrected chi connectivity index (χ0v) is 20.3. The number of hydrogen-bond donors (Lipinski definition) is 0. The van der Waals surface area contributed by atoms with Crippen LogP contribution in [0.4, 0.5) is 21.0 Å². The first-order valence-corrected chi connectivity index (χ1v) is 12.7. The summed E-state index contributed by atoms with van der Waals surface area (Å²) >= 11 is 1.76. The first kappa shape index (κ1) is 22.5. The van der Waals surface area contributed by atoms with Gasteiger partial charge < -0.3 is 14.7 Å². The van der Waals surface area contributed by atoms with E-state index in [2.05, 4.69) is 19.1 Å². The SMILES string of the molecule is Cc1ccc(CN(C(=O)N2CCN(C(=O)N(c3ccccc3)c3ccccc3)CC2)C2CC2)s1. The maximum absolute atomic E-state index is 13.6. The van der Waals surface area contributed by atoms with Crippen LogP contribution in [0.3, 0.4) is 0 Å². The van der Waals surface area contributed by atoms with Crippen LogP contribution in [0.2, 0.25) is 0 Å². The number of thiophene rings is 1. The van der Waals surface area contributed by atoms with Gasteiger partial charge in [-0.2, -0.15) is 0 Å². The number of carbonyl (C=O) groups is 2. The normalized spacial score (nSPS) is 15.8. The maximum atomic E-state index is 13.6. The predicted molar refractivity (Wildman–Crippen MR) is 137 cm³/mol. The van der Waals surface area contributed by atoms with Gasteiger partial charge in [0.05, 0.1) is 17.9 Å². The van der Waals surface area contributed by atoms with E-state index in [1.807, 2.05) is 75.4 Å². The Morgan fingerprint density at radius 1 is 0.794 bits per heavy atom. The average Bonchev–Trinajstić information content (AvgIpc) is 3.64. The van der Waals surface area contributed by atoms with E-state index in [0.717, 1.165) is 24.2 Å². The highest BCUT2D eigenvalue weighted by atomic mass is 32.1. The summed E-state index contributed by atoms with van der Waals surface area (Å²) in [6.45, 7) is 4.93. The zero-order chi connectivity index (χ0) is 23.5. The van der Waals surface area contributed by atoms with Crippen molar-refractivity contribution in [3.8, 4) is 0 Å². The van der Waals surface area contributed by atoms with Gasteiger partial charge >= 0.3 is 12.1 Å². The van der Waals surface area contributed by atoms with Gasteiger partial charge in [0, 0.05) is 42.0 Å². The van der Waals surface area contributed by atoms with Crippen LogP contribution in [0.25, 0.3) is 0 Å². The number of amides is 4. The lowest BCUT2D eigenvalue weighted by Gasteiger charge is -2.39. The Bertz CT molecular complexity index is 1080. The third-order valence-electron chi connectivity index (χ3n) is 6.40. The lowest BCUT2D eigenvalue weighted by Crippen LogP contribution is -2.56. The molecule has 7 heteroatoms. The molecule has 3 aromatic rings. The number of piperazine rings is 1. The maximum Gasteiger partial charge on any atom is 0.329 e. The highest BCUT2D eigenvalue weighted by molar-refractivity contribution is 7.11. The monoisotopic (exact) mass is 474 g/mol. The van der Waals surface area contributed by atoms with Crippen molar-refractivity contribution in [1.82, 2.24) is 14.7 Å². The van der Waals surface area contributed by atoms with E-state index in [1.54, 1.807) is 16.2 Å². The average molecular weight is 475 g/mol. The number of anilines is 2. The molecule has 0 spiro atoms. The molecule has 1 aliphatic heterocycles. The zero-order valence-electron chi connectivity index (χ0n) is 19.5. The largest absolute Gasteiger partial charge is 0.329 e. The molecule has 2 aromatic carbocycles. The van der Waals surface area contributed by atoms with Crippen LogP contribution in [0.15, 0.2) is 72.8 Å². The molecule has 0 unspecified atom stereocenters. The fourth-order valence-corrected chi connectivity index (χ4v) is 5.30. The number of nitrogens with zero attached hydrogens (tertiary/aromatic N) is 4. The molecular formula is C27H30N4O2S. The summed E-state index contributed by atoms with van der Waals surface area (Å²) in [6, 6.07) is 24.1. The minimum atomic E-state index is -0.0578. The Hall–Kier alpha value is -3.32. The van der Waals surface area contributed by atoms with Crippen molar-refractivity contribution in [2.24, 2.45) is 0 Å². The van der Waals surface area contributed by atoms with Crippen LogP contribution < -0.4 is 4.90 Å². The topological polar surface area (TPSA) is 47.1 Å². The van der Waals surface area contributed by atoms with Crippen molar-refractivity contribution in [3.63, 3.8) is 0 Å². The van der Waals surface area contributed by atoms with Gasteiger partial charge in [-0.1, -0.05) is 36.4 Å². The van der Waals surface area contributed by atoms with Crippen LogP contribution in [-0.4, -0.2) is 59.0 Å². The van der Waals surface area contributed by atoms with Gasteiger partial charge in [-0.15, -0.1) is 11.3 Å². The third-order valence-corrected chi connectivity index (χ3v) is 7.38. The number of urea groups is 2. The van der Waals surface area contributed by atoms with E-state index in [9.17, 15) is 9.59 Å². The van der Waals surface area contributed by atoms with Gasteiger partial charge in [0.2, 0.25) is 0 Å². The van der Waals surface area contributed by atoms with Crippen molar-refractivity contribution in [2.45, 2.75) is 32.4 Å². The molecule has 4 amide bonds. The molecule has 2 heterocycles. The second kappa shape index (κ2) is 9.89. The van der Waals surface area contributed by atoms with Gasteiger partial charge in [-0.05, 0) is 56.2 Å². The standard InChI is InChI=1S/C27H30N4O2S/c1-21-12-15-25(34-21)20-30(22-13-14-22)26(32)28-16-18-29(19-17-28)27(33)31(23-8-4-2-5-9-23)24-10-6-3-7-11-24/h2-12,15,22H,13-14,16-20H2,1H3. The summed E-state index contributed by atoms with van der Waals surface area (Å²) in [7, 11) is 0. The highest BCUT2D eigenvalue weighted by Crippen LogP contribution is 2.31. The van der Waals surface area contributed by atoms with Crippen molar-refractivity contribution in [3.05, 3.63) is 82.6 Å². The fraction of sp³-hybridized carbons (Fsp3) is 0.333. The van der Waals surface area contributed by atoms with Crippen LogP contribution in [0.5, 0.6) is 0 Å². The molecule has 1 saturated carbocycles. The molecule has 0 N–H and O–H groups in total. The summed E-state index contributed by atoms with van der Waals surface area (Å²) < 4.78 is 0. The Morgan fingerprint density at radius 2 is 1.32 bits per heavy atom. The van der Waals surface area contributed by atoms with E-state index in [1.165, 1.54) is 9.75 Å². The van der Waals surface area contributed by atoms with E-state index >= 15 is 0 Å². The second-order valence-electron chi connectivity index (χ2n) is 8.92. The molecule has 176 valence electrons. The molecule has 0 radical (unpaired) electrons. The van der Waals surface area contributed by atoms with Crippen molar-refractivity contribution in [1.29, 1.82) is 0 Å². The number of aryl methyl sites for hydroxylation is 1. The smallest absolute Gasteiger partial charge is 0.321 e. The summed E-state index contributed by atoms with van der Waals surface area (Å²) in [5.41, 5.74) is 1.67. The molecule has 2 aliphatic rings. The molecule has 1 aliphatic carbocycles. The molecule has 1 saturated heterocycles. The van der Waals surface area contributed by atoms with Crippen LogP contribution in [0, 0.1) is 6.92 Å². The summed E-state index contributed by atoms with van der Waals surface area (Å²) in [4.78, 5) is 37.1. The lowest BCUT2D eigenvalue weighted by atomic mass is 10.2. The van der Waals surface area contributed by atoms with E-state index < -0.39 is 0 Å². The van der Waals surface area contributed by atoms with Crippen molar-refractivity contribution in [2.75, 3.05) is 31.1 Å². The number of benzene rings is 2. The van der Waals surface area contributed by atoms with Gasteiger partial charge in [0.1, 0.15) is 0 Å². The number of hydrogen-bond acceptors (Lipinski definition) is 3. The van der Waals surface area contributed by atoms with Crippen LogP contribution in [-0.2, 0) is 6.54 Å². The first-order valence-electron chi connectivity index (χ1n) is 11.9. The first-order chi connectivity index (χ1) is 16.6. The van der Waals surface area contributed by atoms with Crippen LogP contribution in [0.1, 0.15) is 22.6 Å². The van der Waals surface area contributed by atoms with Gasteiger partial charge in [-0.3, -0.25) is 4.90 Å². The Balaban J connectivity index is 1.26. The Morgan fingerprint density at radius 3 is 1.79 bits per heavy atom. The highest BCUT2D eigenvalue weighted by Gasteiger charge is 2.37. The number of rotatable bonds is 5. The summed E-state index contributed by atoms with van der Waals surface area (Å²) in [5, 5.41) is 0.